The lowest BCUT2D eigenvalue weighted by Gasteiger charge is -2.18. The first-order valence-electron chi connectivity index (χ1n) is 7.11. The third-order valence-electron chi connectivity index (χ3n) is 3.27. The van der Waals surface area contributed by atoms with Crippen LogP contribution in [0.5, 0.6) is 5.75 Å². The molecule has 2 N–H and O–H groups in total. The lowest BCUT2D eigenvalue weighted by Crippen LogP contribution is -2.37. The van der Waals surface area contributed by atoms with Gasteiger partial charge in [0.1, 0.15) is 18.5 Å². The Balaban J connectivity index is 2.38. The van der Waals surface area contributed by atoms with Gasteiger partial charge in [0.15, 0.2) is 0 Å². The van der Waals surface area contributed by atoms with E-state index in [-0.39, 0.29) is 12.6 Å². The lowest BCUT2D eigenvalue weighted by molar-refractivity contribution is 0.103. The smallest absolute Gasteiger partial charge is 0.122 e. The number of ether oxygens (including phenoxy) is 1. The summed E-state index contributed by atoms with van der Waals surface area (Å²) in [4.78, 5) is 0. The van der Waals surface area contributed by atoms with Crippen LogP contribution in [0.2, 0.25) is 0 Å². The van der Waals surface area contributed by atoms with Crippen molar-refractivity contribution in [2.24, 2.45) is 0 Å². The number of benzene rings is 1. The SMILES string of the molecule is C#CCC(CC)NCC(O)COc1cc(C)ccc1C. The zero-order chi connectivity index (χ0) is 15.0. The Labute approximate surface area is 122 Å². The molecule has 0 heterocycles. The molecule has 0 fully saturated rings. The zero-order valence-electron chi connectivity index (χ0n) is 12.6. The van der Waals surface area contributed by atoms with Crippen molar-refractivity contribution >= 4 is 0 Å². The predicted octanol–water partition coefficient (Wildman–Crippen LogP) is 2.43. The molecule has 0 aromatic heterocycles. The van der Waals surface area contributed by atoms with Crippen LogP contribution in [0.4, 0.5) is 0 Å². The van der Waals surface area contributed by atoms with E-state index in [9.17, 15) is 5.11 Å². The first-order valence-corrected chi connectivity index (χ1v) is 7.11. The van der Waals surface area contributed by atoms with E-state index in [4.69, 9.17) is 11.2 Å². The predicted molar refractivity (Wildman–Crippen MR) is 82.9 cm³/mol. The zero-order valence-corrected chi connectivity index (χ0v) is 12.6. The fourth-order valence-corrected chi connectivity index (χ4v) is 1.91. The molecule has 0 aliphatic rings. The molecule has 1 aromatic carbocycles. The van der Waals surface area contributed by atoms with Crippen LogP contribution < -0.4 is 10.1 Å². The molecule has 110 valence electrons. The van der Waals surface area contributed by atoms with Gasteiger partial charge in [-0.05, 0) is 37.5 Å². The minimum atomic E-state index is -0.540. The molecule has 20 heavy (non-hydrogen) atoms. The first kappa shape index (κ1) is 16.6. The Morgan fingerprint density at radius 3 is 2.80 bits per heavy atom. The van der Waals surface area contributed by atoms with Gasteiger partial charge in [-0.3, -0.25) is 0 Å². The van der Waals surface area contributed by atoms with Gasteiger partial charge < -0.3 is 15.2 Å². The number of terminal acetylenes is 1. The second kappa shape index (κ2) is 8.63. The molecule has 0 saturated carbocycles. The van der Waals surface area contributed by atoms with Gasteiger partial charge in [0.25, 0.3) is 0 Å². The van der Waals surface area contributed by atoms with Gasteiger partial charge in [0.2, 0.25) is 0 Å². The van der Waals surface area contributed by atoms with Gasteiger partial charge >= 0.3 is 0 Å². The largest absolute Gasteiger partial charge is 0.491 e. The summed E-state index contributed by atoms with van der Waals surface area (Å²) in [6, 6.07) is 6.32. The van der Waals surface area contributed by atoms with Crippen molar-refractivity contribution in [3.8, 4) is 18.1 Å². The van der Waals surface area contributed by atoms with Crippen LogP contribution in [-0.4, -0.2) is 30.4 Å². The van der Waals surface area contributed by atoms with Crippen molar-refractivity contribution in [1.82, 2.24) is 5.32 Å². The quantitative estimate of drug-likeness (QED) is 0.716. The molecule has 3 nitrogen and oxygen atoms in total. The average Bonchev–Trinajstić information content (AvgIpc) is 2.44. The van der Waals surface area contributed by atoms with E-state index in [0.717, 1.165) is 23.3 Å². The van der Waals surface area contributed by atoms with Crippen molar-refractivity contribution in [3.05, 3.63) is 29.3 Å². The van der Waals surface area contributed by atoms with Crippen LogP contribution in [0.1, 0.15) is 30.9 Å². The Morgan fingerprint density at radius 2 is 2.15 bits per heavy atom. The fraction of sp³-hybridized carbons (Fsp3) is 0.529. The summed E-state index contributed by atoms with van der Waals surface area (Å²) in [5, 5.41) is 13.2. The molecule has 3 heteroatoms. The van der Waals surface area contributed by atoms with Crippen LogP contribution in [-0.2, 0) is 0 Å². The van der Waals surface area contributed by atoms with E-state index in [1.165, 1.54) is 0 Å². The average molecular weight is 275 g/mol. The normalized spacial score (nSPS) is 13.6. The van der Waals surface area contributed by atoms with Crippen LogP contribution in [0, 0.1) is 26.2 Å². The van der Waals surface area contributed by atoms with Crippen molar-refractivity contribution in [1.29, 1.82) is 0 Å². The third-order valence-corrected chi connectivity index (χ3v) is 3.27. The Hall–Kier alpha value is -1.50. The number of nitrogens with one attached hydrogen (secondary N) is 1. The molecule has 0 amide bonds. The van der Waals surface area contributed by atoms with Crippen molar-refractivity contribution in [3.63, 3.8) is 0 Å². The number of hydrogen-bond acceptors (Lipinski definition) is 3. The fourth-order valence-electron chi connectivity index (χ4n) is 1.91. The molecule has 0 spiro atoms. The summed E-state index contributed by atoms with van der Waals surface area (Å²) in [5.41, 5.74) is 2.23. The summed E-state index contributed by atoms with van der Waals surface area (Å²) in [7, 11) is 0. The molecule has 2 unspecified atom stereocenters. The molecule has 0 saturated heterocycles. The highest BCUT2D eigenvalue weighted by Gasteiger charge is 2.10. The topological polar surface area (TPSA) is 41.5 Å². The van der Waals surface area contributed by atoms with Crippen LogP contribution in [0.25, 0.3) is 0 Å². The highest BCUT2D eigenvalue weighted by atomic mass is 16.5. The monoisotopic (exact) mass is 275 g/mol. The van der Waals surface area contributed by atoms with Gasteiger partial charge in [-0.15, -0.1) is 12.3 Å². The summed E-state index contributed by atoms with van der Waals surface area (Å²) < 4.78 is 5.67. The van der Waals surface area contributed by atoms with Gasteiger partial charge in [0.05, 0.1) is 0 Å². The molecular formula is C17H25NO2. The minimum Gasteiger partial charge on any atom is -0.491 e. The number of hydrogen-bond donors (Lipinski definition) is 2. The van der Waals surface area contributed by atoms with E-state index >= 15 is 0 Å². The lowest BCUT2D eigenvalue weighted by atomic mass is 10.1. The van der Waals surface area contributed by atoms with Gasteiger partial charge in [-0.25, -0.2) is 0 Å². The van der Waals surface area contributed by atoms with E-state index in [1.807, 2.05) is 32.0 Å². The van der Waals surface area contributed by atoms with Crippen molar-refractivity contribution in [2.45, 2.75) is 45.8 Å². The number of aliphatic hydroxyl groups excluding tert-OH is 1. The second-order valence-corrected chi connectivity index (χ2v) is 5.16. The molecule has 0 aliphatic heterocycles. The number of aryl methyl sites for hydroxylation is 2. The molecule has 0 bridgehead atoms. The Morgan fingerprint density at radius 1 is 1.40 bits per heavy atom. The highest BCUT2D eigenvalue weighted by molar-refractivity contribution is 5.35. The first-order chi connectivity index (χ1) is 9.56. The second-order valence-electron chi connectivity index (χ2n) is 5.16. The van der Waals surface area contributed by atoms with Gasteiger partial charge in [-0.2, -0.15) is 0 Å². The standard InChI is InChI=1S/C17H25NO2/c1-5-7-15(6-2)18-11-16(19)12-20-17-10-13(3)8-9-14(17)4/h1,8-10,15-16,18-19H,6-7,11-12H2,2-4H3. The van der Waals surface area contributed by atoms with Crippen LogP contribution in [0.3, 0.4) is 0 Å². The highest BCUT2D eigenvalue weighted by Crippen LogP contribution is 2.19. The summed E-state index contributed by atoms with van der Waals surface area (Å²) in [6.45, 7) is 6.87. The number of aliphatic hydroxyl groups is 1. The maximum atomic E-state index is 9.94. The minimum absolute atomic E-state index is 0.260. The Bertz CT molecular complexity index is 451. The Kier molecular flexibility index (Phi) is 7.14. The molecule has 1 aromatic rings. The summed E-state index contributed by atoms with van der Waals surface area (Å²) >= 11 is 0. The van der Waals surface area contributed by atoms with E-state index < -0.39 is 6.10 Å². The van der Waals surface area contributed by atoms with E-state index in [0.29, 0.717) is 13.0 Å². The molecular weight excluding hydrogens is 250 g/mol. The summed E-state index contributed by atoms with van der Waals surface area (Å²) in [6.07, 6.45) is 6.39. The van der Waals surface area contributed by atoms with Gasteiger partial charge in [-0.1, -0.05) is 19.1 Å². The van der Waals surface area contributed by atoms with Gasteiger partial charge in [0, 0.05) is 19.0 Å². The maximum absolute atomic E-state index is 9.94. The van der Waals surface area contributed by atoms with Crippen molar-refractivity contribution < 1.29 is 9.84 Å². The number of rotatable bonds is 8. The third kappa shape index (κ3) is 5.64. The molecule has 1 rings (SSSR count). The van der Waals surface area contributed by atoms with E-state index in [2.05, 4.69) is 18.2 Å². The van der Waals surface area contributed by atoms with Crippen LogP contribution >= 0.6 is 0 Å². The van der Waals surface area contributed by atoms with Crippen molar-refractivity contribution in [2.75, 3.05) is 13.2 Å². The summed E-state index contributed by atoms with van der Waals surface area (Å²) in [5.74, 6) is 3.47. The molecule has 0 aliphatic carbocycles. The molecule has 2 atom stereocenters. The maximum Gasteiger partial charge on any atom is 0.122 e. The molecule has 0 radical (unpaired) electrons. The van der Waals surface area contributed by atoms with Crippen LogP contribution in [0.15, 0.2) is 18.2 Å². The van der Waals surface area contributed by atoms with E-state index in [1.54, 1.807) is 0 Å².